The van der Waals surface area contributed by atoms with Gasteiger partial charge in [-0.2, -0.15) is 0 Å². The molecule has 76 valence electrons. The van der Waals surface area contributed by atoms with Crippen LogP contribution in [-0.2, 0) is 0 Å². The first kappa shape index (κ1) is 10.7. The van der Waals surface area contributed by atoms with Crippen LogP contribution in [0.2, 0.25) is 5.02 Å². The molecule has 0 radical (unpaired) electrons. The van der Waals surface area contributed by atoms with Crippen molar-refractivity contribution in [3.05, 3.63) is 33.3 Å². The van der Waals surface area contributed by atoms with Crippen molar-refractivity contribution in [3.8, 4) is 0 Å². The maximum absolute atomic E-state index is 10.6. The predicted molar refractivity (Wildman–Crippen MR) is 55.4 cm³/mol. The molecule has 0 bridgehead atoms. The van der Waals surface area contributed by atoms with Crippen LogP contribution in [0.1, 0.15) is 0 Å². The topological polar surface area (TPSA) is 58.4 Å². The normalized spacial score (nSPS) is 10.3. The minimum absolute atomic E-state index is 0.0359. The van der Waals surface area contributed by atoms with Gasteiger partial charge >= 0.3 is 0 Å². The number of hydrogen-bond donors (Lipinski definition) is 1. The maximum Gasteiger partial charge on any atom is 0.295 e. The lowest BCUT2D eigenvalue weighted by Gasteiger charge is -2.13. The Morgan fingerprint density at radius 2 is 2.14 bits per heavy atom. The molecule has 0 aliphatic rings. The number of rotatable bonds is 3. The second-order valence-electron chi connectivity index (χ2n) is 2.92. The van der Waals surface area contributed by atoms with Crippen molar-refractivity contribution >= 4 is 23.0 Å². The minimum Gasteiger partial charge on any atom is -0.313 e. The molecule has 6 heteroatoms. The molecule has 1 aromatic rings. The molecular weight excluding hydrogens is 206 g/mol. The zero-order valence-corrected chi connectivity index (χ0v) is 8.58. The van der Waals surface area contributed by atoms with E-state index in [0.717, 1.165) is 0 Å². The summed E-state index contributed by atoms with van der Waals surface area (Å²) in [6, 6.07) is 4.48. The summed E-state index contributed by atoms with van der Waals surface area (Å²) in [4.78, 5) is 10.2. The summed E-state index contributed by atoms with van der Waals surface area (Å²) in [5.74, 6) is 0. The van der Waals surface area contributed by atoms with E-state index in [4.69, 9.17) is 11.6 Å². The fourth-order valence-electron chi connectivity index (χ4n) is 0.991. The largest absolute Gasteiger partial charge is 0.313 e. The van der Waals surface area contributed by atoms with Gasteiger partial charge in [0, 0.05) is 25.2 Å². The molecule has 0 fully saturated rings. The Labute approximate surface area is 86.4 Å². The van der Waals surface area contributed by atoms with Crippen LogP contribution in [0.3, 0.4) is 0 Å². The monoisotopic (exact) mass is 215 g/mol. The van der Waals surface area contributed by atoms with Gasteiger partial charge in [0.2, 0.25) is 0 Å². The van der Waals surface area contributed by atoms with Crippen molar-refractivity contribution in [2.45, 2.75) is 0 Å². The summed E-state index contributed by atoms with van der Waals surface area (Å²) >= 11 is 5.65. The molecule has 1 N–H and O–H groups in total. The van der Waals surface area contributed by atoms with E-state index in [1.54, 1.807) is 31.2 Å². The molecule has 0 aliphatic carbocycles. The van der Waals surface area contributed by atoms with E-state index in [9.17, 15) is 10.1 Å². The highest BCUT2D eigenvalue weighted by molar-refractivity contribution is 6.30. The SMILES string of the molecule is CN(C)Nc1ccc(Cl)cc1[N+](=O)[O-]. The third kappa shape index (κ3) is 2.58. The molecule has 1 rings (SSSR count). The molecule has 0 unspecified atom stereocenters. The smallest absolute Gasteiger partial charge is 0.295 e. The number of nitrogens with zero attached hydrogens (tertiary/aromatic N) is 2. The molecule has 0 spiro atoms. The molecule has 5 nitrogen and oxygen atoms in total. The van der Waals surface area contributed by atoms with Crippen LogP contribution in [-0.4, -0.2) is 24.0 Å². The fraction of sp³-hybridized carbons (Fsp3) is 0.250. The number of nitro benzene ring substituents is 1. The van der Waals surface area contributed by atoms with Gasteiger partial charge in [0.25, 0.3) is 5.69 Å². The summed E-state index contributed by atoms with van der Waals surface area (Å²) < 4.78 is 0. The molecule has 0 atom stereocenters. The van der Waals surface area contributed by atoms with E-state index in [1.165, 1.54) is 6.07 Å². The highest BCUT2D eigenvalue weighted by atomic mass is 35.5. The highest BCUT2D eigenvalue weighted by Crippen LogP contribution is 2.27. The number of benzene rings is 1. The lowest BCUT2D eigenvalue weighted by molar-refractivity contribution is -0.384. The number of hydrazine groups is 1. The van der Waals surface area contributed by atoms with Crippen molar-refractivity contribution < 1.29 is 4.92 Å². The second-order valence-corrected chi connectivity index (χ2v) is 3.36. The van der Waals surface area contributed by atoms with Gasteiger partial charge in [0.1, 0.15) is 5.69 Å². The van der Waals surface area contributed by atoms with Crippen molar-refractivity contribution in [1.82, 2.24) is 5.01 Å². The van der Waals surface area contributed by atoms with E-state index in [0.29, 0.717) is 10.7 Å². The predicted octanol–water partition coefficient (Wildman–Crippen LogP) is 2.14. The first-order valence-electron chi connectivity index (χ1n) is 3.88. The Hall–Kier alpha value is -1.33. The molecule has 0 aromatic heterocycles. The lowest BCUT2D eigenvalue weighted by atomic mass is 10.3. The average molecular weight is 216 g/mol. The number of nitro groups is 1. The third-order valence-corrected chi connectivity index (χ3v) is 1.74. The lowest BCUT2D eigenvalue weighted by Crippen LogP contribution is -2.20. The van der Waals surface area contributed by atoms with E-state index in [2.05, 4.69) is 5.43 Å². The van der Waals surface area contributed by atoms with Crippen LogP contribution in [0.15, 0.2) is 18.2 Å². The Kier molecular flexibility index (Phi) is 3.27. The molecule has 0 amide bonds. The first-order valence-corrected chi connectivity index (χ1v) is 4.26. The van der Waals surface area contributed by atoms with Crippen molar-refractivity contribution in [2.75, 3.05) is 19.5 Å². The Balaban J connectivity index is 3.08. The van der Waals surface area contributed by atoms with E-state index in [-0.39, 0.29) is 5.69 Å². The quantitative estimate of drug-likeness (QED) is 0.620. The summed E-state index contributed by atoms with van der Waals surface area (Å²) in [5, 5.41) is 12.6. The average Bonchev–Trinajstić information content (AvgIpc) is 2.07. The van der Waals surface area contributed by atoms with Crippen LogP contribution in [0, 0.1) is 10.1 Å². The third-order valence-electron chi connectivity index (χ3n) is 1.50. The number of halogens is 1. The van der Waals surface area contributed by atoms with Crippen molar-refractivity contribution in [3.63, 3.8) is 0 Å². The van der Waals surface area contributed by atoms with Gasteiger partial charge in [-0.25, -0.2) is 5.01 Å². The maximum atomic E-state index is 10.6. The van der Waals surface area contributed by atoms with E-state index in [1.807, 2.05) is 0 Å². The number of nitrogens with one attached hydrogen (secondary N) is 1. The van der Waals surface area contributed by atoms with Crippen LogP contribution in [0.4, 0.5) is 11.4 Å². The number of hydrogen-bond acceptors (Lipinski definition) is 4. The summed E-state index contributed by atoms with van der Waals surface area (Å²) in [6.45, 7) is 0. The Morgan fingerprint density at radius 1 is 1.50 bits per heavy atom. The zero-order valence-electron chi connectivity index (χ0n) is 7.82. The molecule has 1 aromatic carbocycles. The minimum atomic E-state index is -0.474. The van der Waals surface area contributed by atoms with E-state index >= 15 is 0 Å². The van der Waals surface area contributed by atoms with Gasteiger partial charge in [-0.15, -0.1) is 0 Å². The summed E-state index contributed by atoms with van der Waals surface area (Å²) in [6.07, 6.45) is 0. The first-order chi connectivity index (χ1) is 6.50. The van der Waals surface area contributed by atoms with Crippen LogP contribution in [0.25, 0.3) is 0 Å². The van der Waals surface area contributed by atoms with Crippen LogP contribution in [0.5, 0.6) is 0 Å². The van der Waals surface area contributed by atoms with Gasteiger partial charge in [0.15, 0.2) is 0 Å². The van der Waals surface area contributed by atoms with Crippen LogP contribution >= 0.6 is 11.6 Å². The molecule has 0 saturated carbocycles. The molecule has 0 saturated heterocycles. The molecule has 14 heavy (non-hydrogen) atoms. The number of anilines is 1. The Bertz CT molecular complexity index is 354. The Morgan fingerprint density at radius 3 is 2.64 bits per heavy atom. The molecule has 0 heterocycles. The van der Waals surface area contributed by atoms with Crippen molar-refractivity contribution in [2.24, 2.45) is 0 Å². The van der Waals surface area contributed by atoms with E-state index < -0.39 is 4.92 Å². The zero-order chi connectivity index (χ0) is 10.7. The summed E-state index contributed by atoms with van der Waals surface area (Å²) in [7, 11) is 3.50. The van der Waals surface area contributed by atoms with Crippen LogP contribution < -0.4 is 5.43 Å². The standard InChI is InChI=1S/C8H10ClN3O2/c1-11(2)10-7-4-3-6(9)5-8(7)12(13)14/h3-5,10H,1-2H3. The molecule has 0 aliphatic heterocycles. The fourth-order valence-corrected chi connectivity index (χ4v) is 1.16. The summed E-state index contributed by atoms with van der Waals surface area (Å²) in [5.41, 5.74) is 3.20. The highest BCUT2D eigenvalue weighted by Gasteiger charge is 2.14. The molecular formula is C8H10ClN3O2. The van der Waals surface area contributed by atoms with Gasteiger partial charge in [0.05, 0.1) is 4.92 Å². The van der Waals surface area contributed by atoms with Gasteiger partial charge < -0.3 is 5.43 Å². The van der Waals surface area contributed by atoms with Crippen molar-refractivity contribution in [1.29, 1.82) is 0 Å². The van der Waals surface area contributed by atoms with Gasteiger partial charge in [-0.05, 0) is 12.1 Å². The second kappa shape index (κ2) is 4.26. The van der Waals surface area contributed by atoms with Gasteiger partial charge in [-0.1, -0.05) is 11.6 Å². The van der Waals surface area contributed by atoms with Gasteiger partial charge in [-0.3, -0.25) is 10.1 Å².